The number of methoxy groups -OCH3 is 1. The zero-order valence-corrected chi connectivity index (χ0v) is 19.6. The number of aromatic nitrogens is 5. The summed E-state index contributed by atoms with van der Waals surface area (Å²) in [4.78, 5) is 29.9. The van der Waals surface area contributed by atoms with Crippen LogP contribution in [0.5, 0.6) is 5.75 Å². The SMILES string of the molecule is COc1cccc(NC(=O)Nc2ccc(Nc3nc4ccccc4n3-c3nc(C)nc(N)n3)cc2)c1. The van der Waals surface area contributed by atoms with E-state index >= 15 is 0 Å². The van der Waals surface area contributed by atoms with E-state index in [0.717, 1.165) is 16.7 Å². The van der Waals surface area contributed by atoms with Crippen molar-refractivity contribution in [2.24, 2.45) is 0 Å². The number of nitrogens with one attached hydrogen (secondary N) is 3. The Morgan fingerprint density at radius 3 is 2.39 bits per heavy atom. The Morgan fingerprint density at radius 2 is 1.61 bits per heavy atom. The molecule has 0 unspecified atom stereocenters. The van der Waals surface area contributed by atoms with Gasteiger partial charge in [-0.2, -0.15) is 15.0 Å². The normalized spacial score (nSPS) is 10.7. The van der Waals surface area contributed by atoms with Crippen LogP contribution in [0.4, 0.5) is 33.8 Å². The van der Waals surface area contributed by atoms with Crippen molar-refractivity contribution in [2.75, 3.05) is 28.8 Å². The van der Waals surface area contributed by atoms with Gasteiger partial charge in [0.15, 0.2) is 0 Å². The Balaban J connectivity index is 1.35. The van der Waals surface area contributed by atoms with E-state index in [1.54, 1.807) is 55.0 Å². The predicted octanol–water partition coefficient (Wildman–Crippen LogP) is 4.50. The number of imidazole rings is 1. The second-order valence-corrected chi connectivity index (χ2v) is 7.81. The molecule has 3 aromatic carbocycles. The molecule has 11 nitrogen and oxygen atoms in total. The standard InChI is InChI=1S/C25H23N9O2/c1-15-27-22(26)33-23(28-15)34-21-9-4-3-8-20(21)32-24(34)29-16-10-12-17(13-11-16)30-25(35)31-18-6-5-7-19(14-18)36-2/h3-14H,1-2H3,(H,29,32)(H2,30,31,35)(H2,26,27,28,33). The first-order valence-corrected chi connectivity index (χ1v) is 11.0. The zero-order chi connectivity index (χ0) is 25.1. The second-order valence-electron chi connectivity index (χ2n) is 7.81. The number of amides is 2. The molecule has 5 N–H and O–H groups in total. The Hall–Kier alpha value is -5.19. The van der Waals surface area contributed by atoms with E-state index in [1.807, 2.05) is 36.4 Å². The molecule has 180 valence electrons. The second kappa shape index (κ2) is 9.58. The van der Waals surface area contributed by atoms with Gasteiger partial charge in [0.25, 0.3) is 0 Å². The van der Waals surface area contributed by atoms with Crippen molar-refractivity contribution < 1.29 is 9.53 Å². The van der Waals surface area contributed by atoms with Gasteiger partial charge < -0.3 is 26.4 Å². The fourth-order valence-corrected chi connectivity index (χ4v) is 3.66. The van der Waals surface area contributed by atoms with Gasteiger partial charge in [-0.1, -0.05) is 18.2 Å². The van der Waals surface area contributed by atoms with Crippen molar-refractivity contribution in [1.29, 1.82) is 0 Å². The molecule has 0 aliphatic heterocycles. The molecule has 11 heteroatoms. The molecule has 0 aliphatic carbocycles. The summed E-state index contributed by atoms with van der Waals surface area (Å²) >= 11 is 0. The quantitative estimate of drug-likeness (QED) is 0.277. The Kier molecular flexibility index (Phi) is 6.02. The molecule has 5 aromatic rings. The average molecular weight is 482 g/mol. The van der Waals surface area contributed by atoms with Crippen LogP contribution in [0.15, 0.2) is 72.8 Å². The number of para-hydroxylation sites is 2. The third-order valence-corrected chi connectivity index (χ3v) is 5.24. The van der Waals surface area contributed by atoms with Crippen LogP contribution in [0.25, 0.3) is 17.0 Å². The van der Waals surface area contributed by atoms with Crippen molar-refractivity contribution in [3.8, 4) is 11.7 Å². The van der Waals surface area contributed by atoms with Crippen LogP contribution >= 0.6 is 0 Å². The van der Waals surface area contributed by atoms with Crippen LogP contribution in [0, 0.1) is 6.92 Å². The number of nitrogens with zero attached hydrogens (tertiary/aromatic N) is 5. The zero-order valence-electron chi connectivity index (χ0n) is 19.6. The highest BCUT2D eigenvalue weighted by Crippen LogP contribution is 2.26. The number of benzene rings is 3. The number of ether oxygens (including phenoxy) is 1. The number of carbonyl (C=O) groups excluding carboxylic acids is 1. The first kappa shape index (κ1) is 22.6. The molecule has 2 aromatic heterocycles. The fourth-order valence-electron chi connectivity index (χ4n) is 3.66. The summed E-state index contributed by atoms with van der Waals surface area (Å²) in [7, 11) is 1.57. The number of nitrogen functional groups attached to an aromatic ring is 1. The fraction of sp³-hybridized carbons (Fsp3) is 0.0800. The molecule has 0 aliphatic rings. The van der Waals surface area contributed by atoms with Gasteiger partial charge in [-0.05, 0) is 55.5 Å². The first-order chi connectivity index (χ1) is 17.5. The number of fused-ring (bicyclic) bond motifs is 1. The highest BCUT2D eigenvalue weighted by Gasteiger charge is 2.16. The molecule has 2 amide bonds. The molecule has 2 heterocycles. The van der Waals surface area contributed by atoms with E-state index in [1.165, 1.54) is 0 Å². The molecule has 0 saturated carbocycles. The van der Waals surface area contributed by atoms with E-state index in [-0.39, 0.29) is 12.0 Å². The van der Waals surface area contributed by atoms with Crippen molar-refractivity contribution in [3.63, 3.8) is 0 Å². The number of urea groups is 1. The van der Waals surface area contributed by atoms with E-state index in [9.17, 15) is 4.79 Å². The topological polar surface area (TPSA) is 145 Å². The summed E-state index contributed by atoms with van der Waals surface area (Å²) in [6.45, 7) is 1.75. The monoisotopic (exact) mass is 481 g/mol. The molecule has 0 spiro atoms. The molecule has 0 atom stereocenters. The lowest BCUT2D eigenvalue weighted by Crippen LogP contribution is -2.19. The van der Waals surface area contributed by atoms with Crippen LogP contribution < -0.4 is 26.4 Å². The smallest absolute Gasteiger partial charge is 0.323 e. The summed E-state index contributed by atoms with van der Waals surface area (Å²) < 4.78 is 6.97. The summed E-state index contributed by atoms with van der Waals surface area (Å²) in [5.74, 6) is 2.17. The van der Waals surface area contributed by atoms with Gasteiger partial charge in [-0.3, -0.25) is 0 Å². The van der Waals surface area contributed by atoms with Crippen LogP contribution in [-0.2, 0) is 0 Å². The number of hydrogen-bond donors (Lipinski definition) is 4. The van der Waals surface area contributed by atoms with Crippen LogP contribution in [0.3, 0.4) is 0 Å². The number of aryl methyl sites for hydroxylation is 1. The third kappa shape index (κ3) is 4.85. The number of anilines is 5. The largest absolute Gasteiger partial charge is 0.497 e. The predicted molar refractivity (Wildman–Crippen MR) is 139 cm³/mol. The van der Waals surface area contributed by atoms with Crippen molar-refractivity contribution in [2.45, 2.75) is 6.92 Å². The van der Waals surface area contributed by atoms with E-state index in [2.05, 4.69) is 30.9 Å². The highest BCUT2D eigenvalue weighted by molar-refractivity contribution is 6.00. The van der Waals surface area contributed by atoms with Crippen molar-refractivity contribution in [1.82, 2.24) is 24.5 Å². The molecule has 36 heavy (non-hydrogen) atoms. The van der Waals surface area contributed by atoms with E-state index < -0.39 is 0 Å². The maximum absolute atomic E-state index is 12.4. The summed E-state index contributed by atoms with van der Waals surface area (Å²) in [6, 6.07) is 21.6. The lowest BCUT2D eigenvalue weighted by Gasteiger charge is -2.11. The minimum atomic E-state index is -0.367. The van der Waals surface area contributed by atoms with E-state index in [4.69, 9.17) is 15.5 Å². The Labute approximate surface area is 206 Å². The summed E-state index contributed by atoms with van der Waals surface area (Å²) in [5.41, 5.74) is 9.45. The van der Waals surface area contributed by atoms with Gasteiger partial charge in [0.05, 0.1) is 18.1 Å². The number of carbonyl (C=O) groups is 1. The van der Waals surface area contributed by atoms with Gasteiger partial charge in [0.1, 0.15) is 11.6 Å². The van der Waals surface area contributed by atoms with Gasteiger partial charge in [-0.15, -0.1) is 0 Å². The molecule has 0 bridgehead atoms. The van der Waals surface area contributed by atoms with Gasteiger partial charge in [0, 0.05) is 23.1 Å². The molecule has 5 rings (SSSR count). The molecule has 0 fully saturated rings. The highest BCUT2D eigenvalue weighted by atomic mass is 16.5. The summed E-state index contributed by atoms with van der Waals surface area (Å²) in [5, 5.41) is 8.89. The van der Waals surface area contributed by atoms with Gasteiger partial charge in [0.2, 0.25) is 17.8 Å². The maximum Gasteiger partial charge on any atom is 0.323 e. The Bertz CT molecular complexity index is 1530. The lowest BCUT2D eigenvalue weighted by molar-refractivity contribution is 0.262. The van der Waals surface area contributed by atoms with E-state index in [0.29, 0.717) is 34.8 Å². The summed E-state index contributed by atoms with van der Waals surface area (Å²) in [6.07, 6.45) is 0. The number of nitrogens with two attached hydrogens (primary N) is 1. The third-order valence-electron chi connectivity index (χ3n) is 5.24. The maximum atomic E-state index is 12.4. The van der Waals surface area contributed by atoms with Crippen molar-refractivity contribution in [3.05, 3.63) is 78.6 Å². The van der Waals surface area contributed by atoms with Crippen LogP contribution in [0.1, 0.15) is 5.82 Å². The van der Waals surface area contributed by atoms with Gasteiger partial charge in [-0.25, -0.2) is 14.3 Å². The van der Waals surface area contributed by atoms with Crippen molar-refractivity contribution >= 4 is 46.0 Å². The molecule has 0 radical (unpaired) electrons. The Morgan fingerprint density at radius 1 is 0.861 bits per heavy atom. The first-order valence-electron chi connectivity index (χ1n) is 11.0. The average Bonchev–Trinajstić information content (AvgIpc) is 3.22. The minimum Gasteiger partial charge on any atom is -0.497 e. The van der Waals surface area contributed by atoms with Gasteiger partial charge >= 0.3 is 6.03 Å². The molecular formula is C25H23N9O2. The number of hydrogen-bond acceptors (Lipinski definition) is 8. The molecule has 0 saturated heterocycles. The van der Waals surface area contributed by atoms with Crippen LogP contribution in [0.2, 0.25) is 0 Å². The molecular weight excluding hydrogens is 458 g/mol. The lowest BCUT2D eigenvalue weighted by atomic mass is 10.3. The van der Waals surface area contributed by atoms with Crippen LogP contribution in [-0.4, -0.2) is 37.6 Å². The minimum absolute atomic E-state index is 0.129. The number of rotatable bonds is 6.